The number of benzene rings is 2. The predicted molar refractivity (Wildman–Crippen MR) is 103 cm³/mol. The maximum absolute atomic E-state index is 12.7. The van der Waals surface area contributed by atoms with Crippen molar-refractivity contribution >= 4 is 30.5 Å². The molecule has 26 heavy (non-hydrogen) atoms. The molecule has 2 aromatic carbocycles. The molecule has 0 aliphatic rings. The molecule has 2 rings (SSSR count). The third-order valence-corrected chi connectivity index (χ3v) is 3.78. The van der Waals surface area contributed by atoms with Gasteiger partial charge in [-0.1, -0.05) is 24.3 Å². The summed E-state index contributed by atoms with van der Waals surface area (Å²) in [6.07, 6.45) is -4.68. The Morgan fingerprint density at radius 1 is 1.08 bits per heavy atom. The Labute approximate surface area is 163 Å². The molecule has 0 saturated heterocycles. The topological polar surface area (TPSA) is 58.3 Å². The fourth-order valence-electron chi connectivity index (χ4n) is 2.43. The van der Waals surface area contributed by atoms with E-state index in [9.17, 15) is 18.3 Å². The van der Waals surface area contributed by atoms with E-state index in [1.165, 1.54) is 12.1 Å². The van der Waals surface area contributed by atoms with Crippen LogP contribution in [0, 0.1) is 0 Å². The number of aliphatic hydroxyl groups is 1. The van der Waals surface area contributed by atoms with E-state index in [0.29, 0.717) is 5.69 Å². The molecule has 0 bridgehead atoms. The summed E-state index contributed by atoms with van der Waals surface area (Å²) < 4.78 is 38.1. The molecule has 2 aromatic rings. The molecule has 4 N–H and O–H groups in total. The number of nitrogens with two attached hydrogens (primary N) is 1. The Morgan fingerprint density at radius 3 is 2.27 bits per heavy atom. The van der Waals surface area contributed by atoms with Crippen LogP contribution >= 0.6 is 24.8 Å². The van der Waals surface area contributed by atoms with Crippen LogP contribution in [0.15, 0.2) is 48.5 Å². The highest BCUT2D eigenvalue weighted by atomic mass is 35.5. The van der Waals surface area contributed by atoms with E-state index in [0.717, 1.165) is 24.1 Å². The van der Waals surface area contributed by atoms with Gasteiger partial charge in [-0.2, -0.15) is 13.2 Å². The zero-order valence-corrected chi connectivity index (χ0v) is 15.8. The van der Waals surface area contributed by atoms with Gasteiger partial charge in [0.05, 0.1) is 11.7 Å². The highest BCUT2D eigenvalue weighted by Gasteiger charge is 2.30. The van der Waals surface area contributed by atoms with Crippen LogP contribution in [-0.4, -0.2) is 17.7 Å². The third-order valence-electron chi connectivity index (χ3n) is 3.78. The molecular formula is C18H23Cl2F3N2O. The highest BCUT2D eigenvalue weighted by Crippen LogP contribution is 2.30. The number of rotatable bonds is 6. The minimum absolute atomic E-state index is 0. The van der Waals surface area contributed by atoms with E-state index in [1.807, 2.05) is 31.2 Å². The van der Waals surface area contributed by atoms with Gasteiger partial charge in [0.1, 0.15) is 0 Å². The smallest absolute Gasteiger partial charge is 0.399 e. The normalized spacial score (nSPS) is 13.3. The van der Waals surface area contributed by atoms with Gasteiger partial charge in [-0.3, -0.25) is 0 Å². The fourth-order valence-corrected chi connectivity index (χ4v) is 2.43. The molecule has 0 saturated carbocycles. The number of halogens is 5. The van der Waals surface area contributed by atoms with Crippen LogP contribution < -0.4 is 11.1 Å². The number of anilines is 1. The van der Waals surface area contributed by atoms with Crippen molar-refractivity contribution in [1.82, 2.24) is 5.32 Å². The van der Waals surface area contributed by atoms with Crippen molar-refractivity contribution in [3.8, 4) is 0 Å². The summed E-state index contributed by atoms with van der Waals surface area (Å²) in [7, 11) is 0. The molecule has 146 valence electrons. The standard InChI is InChI=1S/C18H21F3N2O.2ClH/c1-12(9-13-5-7-16(22)8-6-13)23-11-17(24)14-3-2-4-15(10-14)18(19,20)21;;/h2-8,10,12,17,23-24H,9,11,22H2,1H3;2*1H. The second-order valence-corrected chi connectivity index (χ2v) is 5.89. The summed E-state index contributed by atoms with van der Waals surface area (Å²) in [5, 5.41) is 13.3. The summed E-state index contributed by atoms with van der Waals surface area (Å²) in [5.41, 5.74) is 6.91. The summed E-state index contributed by atoms with van der Waals surface area (Å²) in [5.74, 6) is 0. The quantitative estimate of drug-likeness (QED) is 0.619. The van der Waals surface area contributed by atoms with Crippen molar-refractivity contribution in [2.75, 3.05) is 12.3 Å². The van der Waals surface area contributed by atoms with E-state index in [1.54, 1.807) is 0 Å². The maximum atomic E-state index is 12.7. The fraction of sp³-hybridized carbons (Fsp3) is 0.333. The molecule has 0 heterocycles. The molecule has 2 atom stereocenters. The van der Waals surface area contributed by atoms with E-state index in [4.69, 9.17) is 5.73 Å². The Balaban J connectivity index is 0.00000312. The summed E-state index contributed by atoms with van der Waals surface area (Å²) in [4.78, 5) is 0. The van der Waals surface area contributed by atoms with Gasteiger partial charge in [-0.15, -0.1) is 24.8 Å². The Kier molecular flexibility index (Phi) is 10.0. The third kappa shape index (κ3) is 7.41. The highest BCUT2D eigenvalue weighted by molar-refractivity contribution is 5.85. The minimum Gasteiger partial charge on any atom is -0.399 e. The first-order chi connectivity index (χ1) is 11.3. The number of hydrogen-bond donors (Lipinski definition) is 3. The van der Waals surface area contributed by atoms with Gasteiger partial charge in [-0.05, 0) is 48.7 Å². The Bertz CT molecular complexity index is 666. The number of nitrogen functional groups attached to an aromatic ring is 1. The summed E-state index contributed by atoms with van der Waals surface area (Å²) >= 11 is 0. The van der Waals surface area contributed by atoms with E-state index >= 15 is 0 Å². The van der Waals surface area contributed by atoms with Gasteiger partial charge in [0.25, 0.3) is 0 Å². The lowest BCUT2D eigenvalue weighted by Crippen LogP contribution is -2.32. The lowest BCUT2D eigenvalue weighted by Gasteiger charge is -2.18. The first-order valence-corrected chi connectivity index (χ1v) is 7.68. The largest absolute Gasteiger partial charge is 0.416 e. The van der Waals surface area contributed by atoms with E-state index < -0.39 is 17.8 Å². The Hall–Kier alpha value is -1.47. The minimum atomic E-state index is -4.41. The molecule has 3 nitrogen and oxygen atoms in total. The van der Waals surface area contributed by atoms with Crippen LogP contribution in [0.5, 0.6) is 0 Å². The summed E-state index contributed by atoms with van der Waals surface area (Å²) in [6.45, 7) is 2.13. The second-order valence-electron chi connectivity index (χ2n) is 5.89. The first kappa shape index (κ1) is 24.5. The van der Waals surface area contributed by atoms with Crippen LogP contribution in [0.2, 0.25) is 0 Å². The monoisotopic (exact) mass is 410 g/mol. The van der Waals surface area contributed by atoms with Crippen molar-refractivity contribution in [3.05, 3.63) is 65.2 Å². The molecule has 0 amide bonds. The molecular weight excluding hydrogens is 388 g/mol. The van der Waals surface area contributed by atoms with Crippen LogP contribution in [0.25, 0.3) is 0 Å². The molecule has 0 radical (unpaired) electrons. The van der Waals surface area contributed by atoms with E-state index in [2.05, 4.69) is 5.32 Å². The van der Waals surface area contributed by atoms with Gasteiger partial charge < -0.3 is 16.2 Å². The van der Waals surface area contributed by atoms with Gasteiger partial charge in [0, 0.05) is 18.3 Å². The molecule has 2 unspecified atom stereocenters. The maximum Gasteiger partial charge on any atom is 0.416 e. The van der Waals surface area contributed by atoms with Gasteiger partial charge in [0.2, 0.25) is 0 Å². The summed E-state index contributed by atoms with van der Waals surface area (Å²) in [6, 6.07) is 12.3. The van der Waals surface area contributed by atoms with Crippen molar-refractivity contribution in [1.29, 1.82) is 0 Å². The average molecular weight is 411 g/mol. The molecule has 0 aliphatic heterocycles. The molecule has 0 aliphatic carbocycles. The molecule has 0 fully saturated rings. The van der Waals surface area contributed by atoms with E-state index in [-0.39, 0.29) is 43.0 Å². The molecule has 0 aromatic heterocycles. The van der Waals surface area contributed by atoms with Crippen LogP contribution in [0.1, 0.15) is 29.7 Å². The SMILES string of the molecule is CC(Cc1ccc(N)cc1)NCC(O)c1cccc(C(F)(F)F)c1.Cl.Cl. The Morgan fingerprint density at radius 2 is 1.69 bits per heavy atom. The lowest BCUT2D eigenvalue weighted by atomic mass is 10.0. The van der Waals surface area contributed by atoms with Crippen molar-refractivity contribution < 1.29 is 18.3 Å². The van der Waals surface area contributed by atoms with Gasteiger partial charge >= 0.3 is 6.18 Å². The number of alkyl halides is 3. The number of aliphatic hydroxyl groups excluding tert-OH is 1. The first-order valence-electron chi connectivity index (χ1n) is 7.68. The second kappa shape index (κ2) is 10.6. The number of hydrogen-bond acceptors (Lipinski definition) is 3. The predicted octanol–water partition coefficient (Wildman–Crippen LogP) is 4.39. The zero-order valence-electron chi connectivity index (χ0n) is 14.2. The lowest BCUT2D eigenvalue weighted by molar-refractivity contribution is -0.137. The van der Waals surface area contributed by atoms with Crippen molar-refractivity contribution in [2.45, 2.75) is 31.7 Å². The van der Waals surface area contributed by atoms with Crippen LogP contribution in [0.3, 0.4) is 0 Å². The average Bonchev–Trinajstić information content (AvgIpc) is 2.54. The van der Waals surface area contributed by atoms with Crippen LogP contribution in [0.4, 0.5) is 18.9 Å². The molecule has 0 spiro atoms. The van der Waals surface area contributed by atoms with Gasteiger partial charge in [0.15, 0.2) is 0 Å². The van der Waals surface area contributed by atoms with Gasteiger partial charge in [-0.25, -0.2) is 0 Å². The zero-order chi connectivity index (χ0) is 17.7. The van der Waals surface area contributed by atoms with Crippen LogP contribution in [-0.2, 0) is 12.6 Å². The number of nitrogens with one attached hydrogen (secondary N) is 1. The molecule has 8 heteroatoms. The van der Waals surface area contributed by atoms with Crippen molar-refractivity contribution in [3.63, 3.8) is 0 Å². The van der Waals surface area contributed by atoms with Crippen molar-refractivity contribution in [2.24, 2.45) is 0 Å².